The normalized spacial score (nSPS) is 16.0. The highest BCUT2D eigenvalue weighted by Gasteiger charge is 2.41. The lowest BCUT2D eigenvalue weighted by Gasteiger charge is -2.22. The zero-order valence-electron chi connectivity index (χ0n) is 25.4. The van der Waals surface area contributed by atoms with E-state index in [9.17, 15) is 27.6 Å². The van der Waals surface area contributed by atoms with Gasteiger partial charge in [-0.25, -0.2) is 0 Å². The number of carbonyl (C=O) groups is 3. The van der Waals surface area contributed by atoms with Gasteiger partial charge in [-0.15, -0.1) is 11.3 Å². The second-order valence-corrected chi connectivity index (χ2v) is 12.5. The molecule has 0 aromatic carbocycles. The lowest BCUT2D eigenvalue weighted by atomic mass is 9.84. The third-order valence-corrected chi connectivity index (χ3v) is 7.79. The van der Waals surface area contributed by atoms with Crippen LogP contribution in [-0.2, 0) is 20.8 Å². The molecular weight excluding hydrogens is 637 g/mol. The second-order valence-electron chi connectivity index (χ2n) is 10.7. The van der Waals surface area contributed by atoms with E-state index in [0.29, 0.717) is 32.3 Å². The summed E-state index contributed by atoms with van der Waals surface area (Å²) in [4.78, 5) is 34.0. The van der Waals surface area contributed by atoms with E-state index in [1.54, 1.807) is 22.9 Å². The van der Waals surface area contributed by atoms with E-state index >= 15 is 0 Å². The fraction of sp³-hybridized carbons (Fsp3) is 0.643. The number of fused-ring (bicyclic) bond motifs is 1. The number of aryl methyl sites for hydroxylation is 1. The SMILES string of the molecule is CC.CC(C)C.C[C@H]1CN(C(=O)CNC(=O)C(F)(F)F)CC1(C)C.N#CC(CCc1nncc2scc(Br)c12)NC=O. The van der Waals surface area contributed by atoms with Crippen LogP contribution in [0.15, 0.2) is 16.0 Å². The number of thiophene rings is 1. The highest BCUT2D eigenvalue weighted by atomic mass is 79.9. The van der Waals surface area contributed by atoms with Crippen molar-refractivity contribution in [2.75, 3.05) is 19.6 Å². The molecule has 14 heteroatoms. The molecule has 3 heterocycles. The molecule has 3 rings (SSSR count). The summed E-state index contributed by atoms with van der Waals surface area (Å²) in [5.74, 6) is -1.45. The number of nitrogens with one attached hydrogen (secondary N) is 2. The fourth-order valence-electron chi connectivity index (χ4n) is 3.50. The van der Waals surface area contributed by atoms with Crippen molar-refractivity contribution in [3.8, 4) is 6.07 Å². The van der Waals surface area contributed by atoms with Crippen molar-refractivity contribution in [1.29, 1.82) is 5.26 Å². The molecule has 2 N–H and O–H groups in total. The molecule has 42 heavy (non-hydrogen) atoms. The first kappa shape index (κ1) is 39.2. The van der Waals surface area contributed by atoms with Crippen LogP contribution in [0.4, 0.5) is 13.2 Å². The molecule has 1 fully saturated rings. The maximum Gasteiger partial charge on any atom is 0.471 e. The zero-order chi connectivity index (χ0) is 32.7. The molecule has 0 aliphatic carbocycles. The zero-order valence-corrected chi connectivity index (χ0v) is 27.8. The topological polar surface area (TPSA) is 128 Å². The van der Waals surface area contributed by atoms with E-state index in [-0.39, 0.29) is 11.3 Å². The Morgan fingerprint density at radius 1 is 1.31 bits per heavy atom. The number of aromatic nitrogens is 2. The van der Waals surface area contributed by atoms with Crippen LogP contribution in [0.1, 0.15) is 67.5 Å². The van der Waals surface area contributed by atoms with Crippen molar-refractivity contribution in [2.24, 2.45) is 17.3 Å². The van der Waals surface area contributed by atoms with E-state index < -0.39 is 30.6 Å². The van der Waals surface area contributed by atoms with Crippen molar-refractivity contribution >= 4 is 55.6 Å². The molecule has 1 aliphatic heterocycles. The molecule has 2 aromatic heterocycles. The predicted molar refractivity (Wildman–Crippen MR) is 162 cm³/mol. The summed E-state index contributed by atoms with van der Waals surface area (Å²) in [6.07, 6.45) is -1.57. The average molecular weight is 680 g/mol. The number of halogens is 4. The third kappa shape index (κ3) is 13.5. The minimum absolute atomic E-state index is 0.0519. The van der Waals surface area contributed by atoms with Crippen molar-refractivity contribution in [1.82, 2.24) is 25.7 Å². The Morgan fingerprint density at radius 2 is 1.90 bits per heavy atom. The molecule has 1 unspecified atom stereocenters. The maximum atomic E-state index is 11.9. The fourth-order valence-corrected chi connectivity index (χ4v) is 5.15. The molecule has 2 atom stereocenters. The predicted octanol–water partition coefficient (Wildman–Crippen LogP) is 5.88. The van der Waals surface area contributed by atoms with Crippen LogP contribution >= 0.6 is 27.3 Å². The van der Waals surface area contributed by atoms with Crippen LogP contribution < -0.4 is 10.6 Å². The van der Waals surface area contributed by atoms with E-state index in [1.807, 2.05) is 46.1 Å². The Hall–Kier alpha value is -2.79. The largest absolute Gasteiger partial charge is 0.471 e. The van der Waals surface area contributed by atoms with Crippen molar-refractivity contribution in [2.45, 2.75) is 80.4 Å². The van der Waals surface area contributed by atoms with Gasteiger partial charge in [-0.1, -0.05) is 55.4 Å². The average Bonchev–Trinajstić information content (AvgIpc) is 3.43. The number of amides is 3. The summed E-state index contributed by atoms with van der Waals surface area (Å²) < 4.78 is 37.8. The first-order valence-electron chi connectivity index (χ1n) is 13.6. The van der Waals surface area contributed by atoms with Gasteiger partial charge in [0.15, 0.2) is 0 Å². The van der Waals surface area contributed by atoms with Crippen LogP contribution in [0.5, 0.6) is 0 Å². The lowest BCUT2D eigenvalue weighted by Crippen LogP contribution is -2.44. The van der Waals surface area contributed by atoms with Gasteiger partial charge in [0.1, 0.15) is 6.04 Å². The van der Waals surface area contributed by atoms with E-state index in [1.165, 1.54) is 4.90 Å². The minimum Gasteiger partial charge on any atom is -0.343 e. The Bertz CT molecular complexity index is 1180. The summed E-state index contributed by atoms with van der Waals surface area (Å²) in [6, 6.07) is 1.54. The summed E-state index contributed by atoms with van der Waals surface area (Å²) >= 11 is 5.07. The smallest absolute Gasteiger partial charge is 0.343 e. The van der Waals surface area contributed by atoms with Gasteiger partial charge in [-0.05, 0) is 46.0 Å². The Balaban J connectivity index is 0.000000675. The molecule has 3 amide bonds. The first-order chi connectivity index (χ1) is 19.5. The number of hydrogen-bond donors (Lipinski definition) is 2. The van der Waals surface area contributed by atoms with Crippen molar-refractivity contribution in [3.63, 3.8) is 0 Å². The second kappa shape index (κ2) is 18.7. The number of nitriles is 1. The number of carbonyl (C=O) groups excluding carboxylic acids is 3. The van der Waals surface area contributed by atoms with Gasteiger partial charge in [0.2, 0.25) is 12.3 Å². The maximum absolute atomic E-state index is 11.9. The molecular formula is C28H42BrF3N6O3S. The first-order valence-corrected chi connectivity index (χ1v) is 15.3. The van der Waals surface area contributed by atoms with Gasteiger partial charge in [0, 0.05) is 28.3 Å². The Kier molecular flexibility index (Phi) is 17.4. The summed E-state index contributed by atoms with van der Waals surface area (Å²) in [6.45, 7) is 16.9. The van der Waals surface area contributed by atoms with Gasteiger partial charge in [0.25, 0.3) is 0 Å². The van der Waals surface area contributed by atoms with Gasteiger partial charge in [-0.3, -0.25) is 14.4 Å². The van der Waals surface area contributed by atoms with Crippen LogP contribution in [0, 0.1) is 28.6 Å². The molecule has 1 saturated heterocycles. The molecule has 0 saturated carbocycles. The summed E-state index contributed by atoms with van der Waals surface area (Å²) in [5.41, 5.74) is 0.789. The third-order valence-electron chi connectivity index (χ3n) is 5.95. The van der Waals surface area contributed by atoms with E-state index in [2.05, 4.69) is 52.2 Å². The van der Waals surface area contributed by atoms with Gasteiger partial charge in [0.05, 0.1) is 29.2 Å². The molecule has 9 nitrogen and oxygen atoms in total. The van der Waals surface area contributed by atoms with Crippen LogP contribution in [0.25, 0.3) is 10.1 Å². The standard InChI is InChI=1S/C11H9BrN4OS.C11H17F3N2O2.C4H10.C2H6/c12-8-5-18-10-4-15-16-9(11(8)10)2-1-7(3-13)14-6-17;1-7-5-16(6-10(7,2)3)8(17)4-15-9(18)11(12,13)14;1-4(2)3;1-2/h4-7H,1-2H2,(H,14,17);7H,4-6H2,1-3H3,(H,15,18);4H,1-3H3;1-2H3/t;7-;;/m.0../s1. The van der Waals surface area contributed by atoms with Gasteiger partial charge >= 0.3 is 12.1 Å². The molecule has 0 radical (unpaired) electrons. The number of hydrogen-bond acceptors (Lipinski definition) is 7. The molecule has 1 aliphatic rings. The molecule has 0 spiro atoms. The minimum atomic E-state index is -4.95. The van der Waals surface area contributed by atoms with Crippen molar-refractivity contribution < 1.29 is 27.6 Å². The quantitative estimate of drug-likeness (QED) is 0.352. The van der Waals surface area contributed by atoms with Crippen LogP contribution in [0.3, 0.4) is 0 Å². The number of rotatable bonds is 7. The van der Waals surface area contributed by atoms with Gasteiger partial charge < -0.3 is 15.5 Å². The Labute approximate surface area is 258 Å². The number of nitrogens with zero attached hydrogens (tertiary/aromatic N) is 4. The number of alkyl halides is 3. The highest BCUT2D eigenvalue weighted by molar-refractivity contribution is 9.10. The Morgan fingerprint density at radius 3 is 2.38 bits per heavy atom. The highest BCUT2D eigenvalue weighted by Crippen LogP contribution is 2.34. The molecule has 236 valence electrons. The molecule has 0 bridgehead atoms. The number of likely N-dealkylation sites (tertiary alicyclic amines) is 1. The van der Waals surface area contributed by atoms with Crippen molar-refractivity contribution in [3.05, 3.63) is 21.7 Å². The molecule has 2 aromatic rings. The van der Waals surface area contributed by atoms with Crippen LogP contribution in [-0.4, -0.2) is 65.2 Å². The lowest BCUT2D eigenvalue weighted by molar-refractivity contribution is -0.174. The van der Waals surface area contributed by atoms with E-state index in [0.717, 1.165) is 26.2 Å². The van der Waals surface area contributed by atoms with Gasteiger partial charge in [-0.2, -0.15) is 28.6 Å². The summed E-state index contributed by atoms with van der Waals surface area (Å²) in [7, 11) is 0. The summed E-state index contributed by atoms with van der Waals surface area (Å²) in [5, 5.41) is 24.0. The van der Waals surface area contributed by atoms with Crippen LogP contribution in [0.2, 0.25) is 0 Å². The monoisotopic (exact) mass is 678 g/mol. The van der Waals surface area contributed by atoms with E-state index in [4.69, 9.17) is 5.26 Å².